The van der Waals surface area contributed by atoms with Crippen molar-refractivity contribution >= 4 is 0 Å². The summed E-state index contributed by atoms with van der Waals surface area (Å²) in [5.41, 5.74) is 0. The highest BCUT2D eigenvalue weighted by Gasteiger charge is 2.08. The van der Waals surface area contributed by atoms with Crippen LogP contribution in [0.15, 0.2) is 24.0 Å². The van der Waals surface area contributed by atoms with Crippen molar-refractivity contribution in [2.45, 2.75) is 13.8 Å². The van der Waals surface area contributed by atoms with Crippen molar-refractivity contribution in [3.63, 3.8) is 0 Å². The molecule has 2 atom stereocenters. The Balaban J connectivity index is 2.70. The molecule has 0 bridgehead atoms. The standard InChI is InChI=1S/C8H12O/c1-6-3-4-7(2)8(9)5-6/h3-7,9H,1-2H3. The van der Waals surface area contributed by atoms with Crippen molar-refractivity contribution in [3.05, 3.63) is 24.0 Å². The van der Waals surface area contributed by atoms with E-state index in [-0.39, 0.29) is 5.92 Å². The van der Waals surface area contributed by atoms with E-state index in [1.54, 1.807) is 0 Å². The topological polar surface area (TPSA) is 20.2 Å². The number of hydrogen-bond donors (Lipinski definition) is 1. The number of rotatable bonds is 0. The Bertz CT molecular complexity index is 156. The molecule has 0 radical (unpaired) electrons. The number of aliphatic hydroxyl groups is 1. The minimum atomic E-state index is 0.223. The van der Waals surface area contributed by atoms with Crippen molar-refractivity contribution < 1.29 is 5.11 Å². The van der Waals surface area contributed by atoms with E-state index < -0.39 is 0 Å². The van der Waals surface area contributed by atoms with Crippen LogP contribution in [0.4, 0.5) is 0 Å². The average Bonchev–Trinajstić information content (AvgIpc) is 1.80. The lowest BCUT2D eigenvalue weighted by Gasteiger charge is -2.12. The maximum absolute atomic E-state index is 9.16. The number of aliphatic hydroxyl groups excluding tert-OH is 1. The van der Waals surface area contributed by atoms with Gasteiger partial charge in [-0.15, -0.1) is 0 Å². The summed E-state index contributed by atoms with van der Waals surface area (Å²) in [7, 11) is 0. The summed E-state index contributed by atoms with van der Waals surface area (Å²) in [6.45, 7) is 4.03. The molecule has 9 heavy (non-hydrogen) atoms. The van der Waals surface area contributed by atoms with E-state index in [1.807, 2.05) is 19.1 Å². The second kappa shape index (κ2) is 2.26. The lowest BCUT2D eigenvalue weighted by Crippen LogP contribution is -2.02. The molecule has 0 amide bonds. The van der Waals surface area contributed by atoms with Crippen LogP contribution >= 0.6 is 0 Å². The lowest BCUT2D eigenvalue weighted by atomic mass is 9.97. The molecule has 0 aromatic rings. The summed E-state index contributed by atoms with van der Waals surface area (Å²) >= 11 is 0. The van der Waals surface area contributed by atoms with Crippen LogP contribution in [-0.2, 0) is 0 Å². The molecule has 1 aliphatic carbocycles. The van der Waals surface area contributed by atoms with Crippen molar-refractivity contribution in [1.82, 2.24) is 0 Å². The third-order valence-electron chi connectivity index (χ3n) is 1.60. The number of allylic oxidation sites excluding steroid dienone is 3. The van der Waals surface area contributed by atoms with E-state index in [1.165, 1.54) is 0 Å². The Hall–Kier alpha value is -0.720. The predicted octanol–water partition coefficient (Wildman–Crippen LogP) is 2.27. The van der Waals surface area contributed by atoms with E-state index in [0.717, 1.165) is 0 Å². The Morgan fingerprint density at radius 1 is 1.33 bits per heavy atom. The molecule has 0 spiro atoms. The highest BCUT2D eigenvalue weighted by molar-refractivity contribution is 5.15. The fourth-order valence-corrected chi connectivity index (χ4v) is 0.917. The van der Waals surface area contributed by atoms with Gasteiger partial charge in [0.15, 0.2) is 0 Å². The van der Waals surface area contributed by atoms with Gasteiger partial charge in [-0.3, -0.25) is 0 Å². The number of hydrogen-bond acceptors (Lipinski definition) is 1. The third kappa shape index (κ3) is 1.35. The molecular formula is C8H12O. The van der Waals surface area contributed by atoms with Gasteiger partial charge >= 0.3 is 0 Å². The molecule has 0 aromatic heterocycles. The zero-order chi connectivity index (χ0) is 6.85. The fourth-order valence-electron chi connectivity index (χ4n) is 0.917. The minimum absolute atomic E-state index is 0.223. The van der Waals surface area contributed by atoms with Crippen LogP contribution in [0.3, 0.4) is 0 Å². The Labute approximate surface area is 55.7 Å². The van der Waals surface area contributed by atoms with Crippen LogP contribution in [0.5, 0.6) is 0 Å². The quantitative estimate of drug-likeness (QED) is 0.491. The molecular weight excluding hydrogens is 112 g/mol. The van der Waals surface area contributed by atoms with Crippen molar-refractivity contribution in [2.24, 2.45) is 11.8 Å². The molecule has 1 N–H and O–H groups in total. The van der Waals surface area contributed by atoms with Crippen LogP contribution in [-0.4, -0.2) is 5.11 Å². The van der Waals surface area contributed by atoms with Gasteiger partial charge in [-0.25, -0.2) is 0 Å². The first-order chi connectivity index (χ1) is 4.20. The Morgan fingerprint density at radius 3 is 2.44 bits per heavy atom. The molecule has 1 rings (SSSR count). The van der Waals surface area contributed by atoms with Gasteiger partial charge in [0.2, 0.25) is 0 Å². The lowest BCUT2D eigenvalue weighted by molar-refractivity contribution is 0.356. The van der Waals surface area contributed by atoms with E-state index >= 15 is 0 Å². The van der Waals surface area contributed by atoms with Gasteiger partial charge < -0.3 is 5.11 Å². The van der Waals surface area contributed by atoms with Crippen molar-refractivity contribution in [3.8, 4) is 0 Å². The molecule has 0 saturated carbocycles. The van der Waals surface area contributed by atoms with Crippen LogP contribution in [0.2, 0.25) is 0 Å². The molecule has 0 aromatic carbocycles. The Morgan fingerprint density at radius 2 is 2.00 bits per heavy atom. The fraction of sp³-hybridized carbons (Fsp3) is 0.500. The van der Waals surface area contributed by atoms with E-state index in [2.05, 4.69) is 13.0 Å². The first kappa shape index (κ1) is 6.40. The summed E-state index contributed by atoms with van der Waals surface area (Å²) in [6.07, 6.45) is 6.01. The summed E-state index contributed by atoms with van der Waals surface area (Å²) in [6, 6.07) is 0. The normalized spacial score (nSPS) is 34.2. The summed E-state index contributed by atoms with van der Waals surface area (Å²) in [4.78, 5) is 0. The summed E-state index contributed by atoms with van der Waals surface area (Å²) in [5, 5.41) is 9.16. The highest BCUT2D eigenvalue weighted by Crippen LogP contribution is 2.18. The minimum Gasteiger partial charge on any atom is -0.512 e. The molecule has 50 valence electrons. The molecule has 1 heteroatoms. The second-order valence-corrected chi connectivity index (χ2v) is 2.62. The van der Waals surface area contributed by atoms with E-state index in [9.17, 15) is 0 Å². The van der Waals surface area contributed by atoms with Gasteiger partial charge in [0.05, 0.1) is 5.76 Å². The molecule has 0 fully saturated rings. The smallest absolute Gasteiger partial charge is 0.0954 e. The van der Waals surface area contributed by atoms with Crippen molar-refractivity contribution in [2.75, 3.05) is 0 Å². The summed E-state index contributed by atoms with van der Waals surface area (Å²) < 4.78 is 0. The maximum Gasteiger partial charge on any atom is 0.0954 e. The van der Waals surface area contributed by atoms with Crippen LogP contribution in [0, 0.1) is 11.8 Å². The highest BCUT2D eigenvalue weighted by atomic mass is 16.3. The molecule has 2 unspecified atom stereocenters. The Kier molecular flexibility index (Phi) is 1.60. The maximum atomic E-state index is 9.16. The molecule has 0 saturated heterocycles. The predicted molar refractivity (Wildman–Crippen MR) is 38.2 cm³/mol. The van der Waals surface area contributed by atoms with Crippen molar-refractivity contribution in [1.29, 1.82) is 0 Å². The zero-order valence-corrected chi connectivity index (χ0v) is 5.83. The average molecular weight is 124 g/mol. The van der Waals surface area contributed by atoms with Gasteiger partial charge in [0.1, 0.15) is 0 Å². The van der Waals surface area contributed by atoms with E-state index in [0.29, 0.717) is 11.7 Å². The van der Waals surface area contributed by atoms with Crippen LogP contribution < -0.4 is 0 Å². The first-order valence-electron chi connectivity index (χ1n) is 3.29. The van der Waals surface area contributed by atoms with E-state index in [4.69, 9.17) is 5.11 Å². The second-order valence-electron chi connectivity index (χ2n) is 2.62. The molecule has 1 nitrogen and oxygen atoms in total. The first-order valence-corrected chi connectivity index (χ1v) is 3.29. The zero-order valence-electron chi connectivity index (χ0n) is 5.83. The van der Waals surface area contributed by atoms with Gasteiger partial charge in [0.25, 0.3) is 0 Å². The molecule has 1 aliphatic rings. The summed E-state index contributed by atoms with van der Waals surface area (Å²) in [5.74, 6) is 1.13. The van der Waals surface area contributed by atoms with Gasteiger partial charge in [-0.05, 0) is 12.0 Å². The SMILES string of the molecule is CC1C=CC(C)C(O)=C1. The van der Waals surface area contributed by atoms with Gasteiger partial charge in [-0.1, -0.05) is 26.0 Å². The van der Waals surface area contributed by atoms with Crippen LogP contribution in [0.25, 0.3) is 0 Å². The third-order valence-corrected chi connectivity index (χ3v) is 1.60. The van der Waals surface area contributed by atoms with Gasteiger partial charge in [0, 0.05) is 5.92 Å². The monoisotopic (exact) mass is 124 g/mol. The largest absolute Gasteiger partial charge is 0.512 e. The van der Waals surface area contributed by atoms with Crippen LogP contribution in [0.1, 0.15) is 13.8 Å². The molecule has 0 heterocycles. The van der Waals surface area contributed by atoms with Gasteiger partial charge in [-0.2, -0.15) is 0 Å². The molecule has 0 aliphatic heterocycles.